The molecule has 29 heavy (non-hydrogen) atoms. The number of nitrogens with zero attached hydrogens (tertiary/aromatic N) is 1. The lowest BCUT2D eigenvalue weighted by atomic mass is 10.1. The van der Waals surface area contributed by atoms with E-state index in [4.69, 9.17) is 18.6 Å². The molecule has 0 unspecified atom stereocenters. The van der Waals surface area contributed by atoms with Crippen LogP contribution in [0.1, 0.15) is 35.4 Å². The highest BCUT2D eigenvalue weighted by Crippen LogP contribution is 2.40. The molecule has 2 saturated heterocycles. The molecule has 1 amide bonds. The summed E-state index contributed by atoms with van der Waals surface area (Å²) in [5.41, 5.74) is 1.35. The number of amides is 1. The van der Waals surface area contributed by atoms with Crippen molar-refractivity contribution < 1.29 is 23.4 Å². The smallest absolute Gasteiger partial charge is 0.287 e. The topological polar surface area (TPSA) is 73.2 Å². The minimum absolute atomic E-state index is 0.109. The average molecular weight is 400 g/mol. The summed E-state index contributed by atoms with van der Waals surface area (Å²) >= 11 is 0. The number of hydrogen-bond donors (Lipinski definition) is 1. The second-order valence-electron chi connectivity index (χ2n) is 8.46. The van der Waals surface area contributed by atoms with Crippen molar-refractivity contribution in [1.82, 2.24) is 10.2 Å². The van der Waals surface area contributed by atoms with Crippen molar-refractivity contribution in [1.29, 1.82) is 0 Å². The summed E-state index contributed by atoms with van der Waals surface area (Å²) in [5, 5.41) is 4.04. The minimum Gasteiger partial charge on any atom is -0.493 e. The van der Waals surface area contributed by atoms with Gasteiger partial charge in [0.2, 0.25) is 5.75 Å². The average Bonchev–Trinajstić information content (AvgIpc) is 3.42. The molecule has 156 valence electrons. The van der Waals surface area contributed by atoms with Gasteiger partial charge in [-0.2, -0.15) is 0 Å². The zero-order valence-electron chi connectivity index (χ0n) is 17.2. The van der Waals surface area contributed by atoms with Gasteiger partial charge in [0.25, 0.3) is 5.91 Å². The van der Waals surface area contributed by atoms with Crippen LogP contribution in [0, 0.1) is 12.8 Å². The van der Waals surface area contributed by atoms with Gasteiger partial charge in [-0.15, -0.1) is 0 Å². The Morgan fingerprint density at radius 1 is 1.21 bits per heavy atom. The van der Waals surface area contributed by atoms with Gasteiger partial charge < -0.3 is 23.9 Å². The van der Waals surface area contributed by atoms with E-state index in [1.165, 1.54) is 12.8 Å². The Bertz CT molecular complexity index is 935. The molecule has 7 nitrogen and oxygen atoms in total. The molecule has 1 aromatic carbocycles. The standard InChI is InChI=1S/C22H28N2O5/c1-12-16-6-7-17(26-2)21(27-3)20(16)29-19(12)22(25)23-14-8-15-11-28-18(13-4-5-13)10-24(15)9-14/h6-7,13-15,18H,4-5,8-11H2,1-3H3,(H,23,25)/t14-,15-,18-/m0/s1. The van der Waals surface area contributed by atoms with E-state index in [1.54, 1.807) is 14.2 Å². The largest absolute Gasteiger partial charge is 0.493 e. The molecule has 3 fully saturated rings. The lowest BCUT2D eigenvalue weighted by molar-refractivity contribution is -0.0581. The molecule has 1 aliphatic carbocycles. The van der Waals surface area contributed by atoms with E-state index < -0.39 is 0 Å². The van der Waals surface area contributed by atoms with Gasteiger partial charge in [-0.05, 0) is 44.2 Å². The van der Waals surface area contributed by atoms with Crippen LogP contribution in [-0.2, 0) is 4.74 Å². The molecule has 1 N–H and O–H groups in total. The first-order valence-electron chi connectivity index (χ1n) is 10.4. The number of benzene rings is 1. The fourth-order valence-electron chi connectivity index (χ4n) is 4.82. The monoisotopic (exact) mass is 400 g/mol. The number of methoxy groups -OCH3 is 2. The lowest BCUT2D eigenvalue weighted by Gasteiger charge is -2.35. The number of rotatable bonds is 5. The molecule has 5 rings (SSSR count). The lowest BCUT2D eigenvalue weighted by Crippen LogP contribution is -2.47. The van der Waals surface area contributed by atoms with Crippen LogP contribution in [0.3, 0.4) is 0 Å². The molecule has 3 heterocycles. The van der Waals surface area contributed by atoms with E-state index in [0.29, 0.717) is 35.0 Å². The van der Waals surface area contributed by atoms with Gasteiger partial charge in [0.15, 0.2) is 17.1 Å². The third kappa shape index (κ3) is 3.26. The molecule has 3 aliphatic rings. The van der Waals surface area contributed by atoms with Gasteiger partial charge in [0.1, 0.15) is 0 Å². The summed E-state index contributed by atoms with van der Waals surface area (Å²) in [7, 11) is 3.15. The zero-order valence-corrected chi connectivity index (χ0v) is 17.2. The van der Waals surface area contributed by atoms with Crippen molar-refractivity contribution in [3.63, 3.8) is 0 Å². The fourth-order valence-corrected chi connectivity index (χ4v) is 4.82. The first-order chi connectivity index (χ1) is 14.1. The van der Waals surface area contributed by atoms with Gasteiger partial charge in [0.05, 0.1) is 26.9 Å². The first-order valence-corrected chi connectivity index (χ1v) is 10.4. The number of nitrogens with one attached hydrogen (secondary N) is 1. The second kappa shape index (κ2) is 7.22. The predicted octanol–water partition coefficient (Wildman–Crippen LogP) is 2.74. The highest BCUT2D eigenvalue weighted by atomic mass is 16.5. The van der Waals surface area contributed by atoms with Crippen LogP contribution in [0.2, 0.25) is 0 Å². The number of carbonyl (C=O) groups is 1. The number of fused-ring (bicyclic) bond motifs is 2. The van der Waals surface area contributed by atoms with Crippen molar-refractivity contribution in [3.05, 3.63) is 23.5 Å². The summed E-state index contributed by atoms with van der Waals surface area (Å²) in [6.45, 7) is 4.54. The van der Waals surface area contributed by atoms with Crippen LogP contribution in [-0.4, -0.2) is 62.9 Å². The highest BCUT2D eigenvalue weighted by Gasteiger charge is 2.42. The van der Waals surface area contributed by atoms with Crippen LogP contribution in [0.4, 0.5) is 0 Å². The van der Waals surface area contributed by atoms with Crippen LogP contribution in [0.5, 0.6) is 11.5 Å². The molecule has 3 atom stereocenters. The van der Waals surface area contributed by atoms with E-state index in [-0.39, 0.29) is 11.9 Å². The van der Waals surface area contributed by atoms with Crippen LogP contribution in [0.25, 0.3) is 11.0 Å². The molecule has 0 spiro atoms. The number of ether oxygens (including phenoxy) is 3. The summed E-state index contributed by atoms with van der Waals surface area (Å²) < 4.78 is 22.8. The molecule has 7 heteroatoms. The van der Waals surface area contributed by atoms with Gasteiger partial charge in [0, 0.05) is 36.1 Å². The maximum absolute atomic E-state index is 13.0. The van der Waals surface area contributed by atoms with E-state index in [0.717, 1.165) is 43.0 Å². The van der Waals surface area contributed by atoms with Crippen molar-refractivity contribution in [3.8, 4) is 11.5 Å². The molecule has 1 saturated carbocycles. The molecule has 0 radical (unpaired) electrons. The normalized spacial score (nSPS) is 27.1. The van der Waals surface area contributed by atoms with E-state index in [2.05, 4.69) is 10.2 Å². The molecular formula is C22H28N2O5. The highest BCUT2D eigenvalue weighted by molar-refractivity contribution is 6.01. The maximum atomic E-state index is 13.0. The van der Waals surface area contributed by atoms with E-state index in [9.17, 15) is 4.79 Å². The quantitative estimate of drug-likeness (QED) is 0.832. The van der Waals surface area contributed by atoms with Crippen LogP contribution in [0.15, 0.2) is 16.5 Å². The van der Waals surface area contributed by atoms with Gasteiger partial charge in [-0.1, -0.05) is 0 Å². The Balaban J connectivity index is 1.32. The summed E-state index contributed by atoms with van der Waals surface area (Å²) in [4.78, 5) is 15.5. The van der Waals surface area contributed by atoms with Crippen LogP contribution >= 0.6 is 0 Å². The fraction of sp³-hybridized carbons (Fsp3) is 0.591. The van der Waals surface area contributed by atoms with Crippen molar-refractivity contribution in [2.75, 3.05) is 33.9 Å². The van der Waals surface area contributed by atoms with E-state index >= 15 is 0 Å². The Morgan fingerprint density at radius 2 is 2.03 bits per heavy atom. The Hall–Kier alpha value is -2.25. The number of carbonyl (C=O) groups excluding carboxylic acids is 1. The van der Waals surface area contributed by atoms with E-state index in [1.807, 2.05) is 19.1 Å². The Labute approximate surface area is 170 Å². The second-order valence-corrected chi connectivity index (χ2v) is 8.46. The maximum Gasteiger partial charge on any atom is 0.287 e. The third-order valence-electron chi connectivity index (χ3n) is 6.58. The van der Waals surface area contributed by atoms with Gasteiger partial charge >= 0.3 is 0 Å². The molecule has 2 aromatic rings. The van der Waals surface area contributed by atoms with Crippen molar-refractivity contribution >= 4 is 16.9 Å². The number of morpholine rings is 1. The Morgan fingerprint density at radius 3 is 2.76 bits per heavy atom. The zero-order chi connectivity index (χ0) is 20.1. The van der Waals surface area contributed by atoms with Gasteiger partial charge in [-0.25, -0.2) is 0 Å². The number of furan rings is 1. The van der Waals surface area contributed by atoms with Crippen molar-refractivity contribution in [2.45, 2.75) is 44.4 Å². The molecular weight excluding hydrogens is 372 g/mol. The summed E-state index contributed by atoms with van der Waals surface area (Å²) in [6.07, 6.45) is 3.88. The summed E-state index contributed by atoms with van der Waals surface area (Å²) in [6, 6.07) is 4.24. The first kappa shape index (κ1) is 18.8. The Kier molecular flexibility index (Phi) is 4.67. The summed E-state index contributed by atoms with van der Waals surface area (Å²) in [5.74, 6) is 1.99. The SMILES string of the molecule is COc1ccc2c(C)c(C(=O)N[C@H]3C[C@H]4CO[C@H](C5CC5)CN4C3)oc2c1OC. The number of hydrogen-bond acceptors (Lipinski definition) is 6. The molecule has 0 bridgehead atoms. The molecule has 2 aliphatic heterocycles. The predicted molar refractivity (Wildman–Crippen MR) is 108 cm³/mol. The van der Waals surface area contributed by atoms with Gasteiger partial charge in [-0.3, -0.25) is 9.69 Å². The number of aryl methyl sites for hydroxylation is 1. The van der Waals surface area contributed by atoms with Crippen molar-refractivity contribution in [2.24, 2.45) is 5.92 Å². The minimum atomic E-state index is -0.177. The third-order valence-corrected chi connectivity index (χ3v) is 6.58. The molecule has 1 aromatic heterocycles. The van der Waals surface area contributed by atoms with Crippen LogP contribution < -0.4 is 14.8 Å².